The van der Waals surface area contributed by atoms with E-state index in [9.17, 15) is 13.2 Å². The van der Waals surface area contributed by atoms with Crippen molar-refractivity contribution in [3.8, 4) is 0 Å². The number of likely N-dealkylation sites (tertiary alicyclic amines) is 1. The van der Waals surface area contributed by atoms with Gasteiger partial charge in [0.15, 0.2) is 0 Å². The van der Waals surface area contributed by atoms with E-state index < -0.39 is 11.7 Å². The third-order valence-corrected chi connectivity index (χ3v) is 6.26. The van der Waals surface area contributed by atoms with Gasteiger partial charge in [0.2, 0.25) is 0 Å². The lowest BCUT2D eigenvalue weighted by Crippen LogP contribution is -2.32. The fourth-order valence-electron chi connectivity index (χ4n) is 4.08. The average molecular weight is 445 g/mol. The molecule has 0 unspecified atom stereocenters. The zero-order chi connectivity index (χ0) is 21.8. The van der Waals surface area contributed by atoms with Gasteiger partial charge in [-0.05, 0) is 73.3 Å². The Morgan fingerprint density at radius 2 is 1.58 bits per heavy atom. The minimum Gasteiger partial charge on any atom is -0.299 e. The molecule has 0 aliphatic carbocycles. The molecule has 0 amide bonds. The quantitative estimate of drug-likeness (QED) is 0.434. The molecule has 1 aromatic heterocycles. The number of rotatable bonds is 5. The number of benzene rings is 2. The SMILES string of the molecule is FC(F)(F)c1ccc(Cc2ccc(C3CCN(Cc4ccccc4Cl)CC3)nc2)cc1. The first-order chi connectivity index (χ1) is 14.9. The van der Waals surface area contributed by atoms with Gasteiger partial charge in [0.05, 0.1) is 5.56 Å². The maximum atomic E-state index is 12.7. The Bertz CT molecular complexity index is 993. The highest BCUT2D eigenvalue weighted by Gasteiger charge is 2.30. The predicted octanol–water partition coefficient (Wildman–Crippen LogP) is 6.72. The van der Waals surface area contributed by atoms with Crippen molar-refractivity contribution in [2.75, 3.05) is 13.1 Å². The monoisotopic (exact) mass is 444 g/mol. The van der Waals surface area contributed by atoms with E-state index in [2.05, 4.69) is 22.0 Å². The molecule has 31 heavy (non-hydrogen) atoms. The number of pyridine rings is 1. The summed E-state index contributed by atoms with van der Waals surface area (Å²) in [6, 6.07) is 17.4. The van der Waals surface area contributed by atoms with Crippen LogP contribution < -0.4 is 0 Å². The molecule has 2 nitrogen and oxygen atoms in total. The minimum atomic E-state index is -4.30. The molecule has 2 aromatic carbocycles. The molecule has 162 valence electrons. The fourth-order valence-corrected chi connectivity index (χ4v) is 4.28. The van der Waals surface area contributed by atoms with Crippen LogP contribution in [-0.2, 0) is 19.1 Å². The van der Waals surface area contributed by atoms with Crippen molar-refractivity contribution in [3.63, 3.8) is 0 Å². The third-order valence-electron chi connectivity index (χ3n) is 5.89. The van der Waals surface area contributed by atoms with E-state index in [1.807, 2.05) is 30.5 Å². The van der Waals surface area contributed by atoms with Crippen molar-refractivity contribution in [1.29, 1.82) is 0 Å². The van der Waals surface area contributed by atoms with E-state index in [1.54, 1.807) is 0 Å². The number of aromatic nitrogens is 1. The van der Waals surface area contributed by atoms with Crippen LogP contribution in [-0.4, -0.2) is 23.0 Å². The summed E-state index contributed by atoms with van der Waals surface area (Å²) in [6.45, 7) is 2.88. The predicted molar refractivity (Wildman–Crippen MR) is 117 cm³/mol. The van der Waals surface area contributed by atoms with Gasteiger partial charge in [-0.3, -0.25) is 9.88 Å². The van der Waals surface area contributed by atoms with Gasteiger partial charge < -0.3 is 0 Å². The number of hydrogen-bond acceptors (Lipinski definition) is 2. The Labute approximate surface area is 185 Å². The van der Waals surface area contributed by atoms with E-state index in [0.29, 0.717) is 12.3 Å². The summed E-state index contributed by atoms with van der Waals surface area (Å²) >= 11 is 6.28. The minimum absolute atomic E-state index is 0.433. The maximum Gasteiger partial charge on any atom is 0.416 e. The molecule has 0 spiro atoms. The largest absolute Gasteiger partial charge is 0.416 e. The summed E-state index contributed by atoms with van der Waals surface area (Å²) < 4.78 is 38.1. The fraction of sp³-hybridized carbons (Fsp3) is 0.320. The molecule has 0 N–H and O–H groups in total. The van der Waals surface area contributed by atoms with E-state index in [1.165, 1.54) is 12.1 Å². The number of halogens is 4. The van der Waals surface area contributed by atoms with Crippen molar-refractivity contribution in [2.45, 2.75) is 37.9 Å². The van der Waals surface area contributed by atoms with Gasteiger partial charge in [0.1, 0.15) is 0 Å². The van der Waals surface area contributed by atoms with E-state index in [-0.39, 0.29) is 0 Å². The Hall–Kier alpha value is -2.37. The molecule has 1 aliphatic heterocycles. The summed E-state index contributed by atoms with van der Waals surface area (Å²) in [5.41, 5.74) is 3.47. The summed E-state index contributed by atoms with van der Waals surface area (Å²) in [6.07, 6.45) is 0.223. The highest BCUT2D eigenvalue weighted by Crippen LogP contribution is 2.30. The standard InChI is InChI=1S/C25H24ClF3N2/c26-23-4-2-1-3-21(23)17-31-13-11-20(12-14-31)24-10-7-19(16-30-24)15-18-5-8-22(9-6-18)25(27,28)29/h1-10,16,20H,11-15,17H2. The summed E-state index contributed by atoms with van der Waals surface area (Å²) in [7, 11) is 0. The van der Waals surface area contributed by atoms with Crippen molar-refractivity contribution in [3.05, 3.63) is 99.8 Å². The Balaban J connectivity index is 1.31. The van der Waals surface area contributed by atoms with E-state index in [0.717, 1.165) is 72.0 Å². The molecule has 1 fully saturated rings. The second-order valence-electron chi connectivity index (χ2n) is 8.10. The summed E-state index contributed by atoms with van der Waals surface area (Å²) in [4.78, 5) is 7.09. The highest BCUT2D eigenvalue weighted by molar-refractivity contribution is 6.31. The normalized spacial score (nSPS) is 15.9. The van der Waals surface area contributed by atoms with Gasteiger partial charge in [0.25, 0.3) is 0 Å². The molecule has 3 aromatic rings. The maximum absolute atomic E-state index is 12.7. The lowest BCUT2D eigenvalue weighted by Gasteiger charge is -2.32. The Morgan fingerprint density at radius 1 is 0.903 bits per heavy atom. The Kier molecular flexibility index (Phi) is 6.63. The van der Waals surface area contributed by atoms with Crippen LogP contribution in [0.15, 0.2) is 66.9 Å². The van der Waals surface area contributed by atoms with Crippen LogP contribution in [0.25, 0.3) is 0 Å². The van der Waals surface area contributed by atoms with Crippen LogP contribution in [0.2, 0.25) is 5.02 Å². The second kappa shape index (κ2) is 9.41. The van der Waals surface area contributed by atoms with Gasteiger partial charge in [0, 0.05) is 29.4 Å². The van der Waals surface area contributed by atoms with E-state index >= 15 is 0 Å². The first-order valence-corrected chi connectivity index (χ1v) is 10.8. The lowest BCUT2D eigenvalue weighted by molar-refractivity contribution is -0.137. The van der Waals surface area contributed by atoms with Gasteiger partial charge in [-0.2, -0.15) is 13.2 Å². The number of hydrogen-bond donors (Lipinski definition) is 0. The van der Waals surface area contributed by atoms with Gasteiger partial charge in [-0.25, -0.2) is 0 Å². The number of alkyl halides is 3. The molecule has 1 saturated heterocycles. The second-order valence-corrected chi connectivity index (χ2v) is 8.51. The molecule has 6 heteroatoms. The van der Waals surface area contributed by atoms with Crippen LogP contribution in [0.1, 0.15) is 46.7 Å². The summed E-state index contributed by atoms with van der Waals surface area (Å²) in [5, 5.41) is 0.815. The lowest BCUT2D eigenvalue weighted by atomic mass is 9.92. The van der Waals surface area contributed by atoms with Crippen LogP contribution in [0.3, 0.4) is 0 Å². The van der Waals surface area contributed by atoms with Crippen molar-refractivity contribution in [1.82, 2.24) is 9.88 Å². The first kappa shape index (κ1) is 21.8. The number of nitrogens with zero attached hydrogens (tertiary/aromatic N) is 2. The van der Waals surface area contributed by atoms with Crippen molar-refractivity contribution in [2.24, 2.45) is 0 Å². The summed E-state index contributed by atoms with van der Waals surface area (Å²) in [5.74, 6) is 0.433. The van der Waals surface area contributed by atoms with Crippen LogP contribution in [0.5, 0.6) is 0 Å². The van der Waals surface area contributed by atoms with Crippen molar-refractivity contribution >= 4 is 11.6 Å². The average Bonchev–Trinajstić information content (AvgIpc) is 2.76. The molecule has 0 atom stereocenters. The Morgan fingerprint density at radius 3 is 2.19 bits per heavy atom. The molecule has 2 heterocycles. The topological polar surface area (TPSA) is 16.1 Å². The van der Waals surface area contributed by atoms with Crippen LogP contribution >= 0.6 is 11.6 Å². The molecule has 0 bridgehead atoms. The molecular formula is C25H24ClF3N2. The third kappa shape index (κ3) is 5.66. The molecule has 0 saturated carbocycles. The van der Waals surface area contributed by atoms with E-state index in [4.69, 9.17) is 11.6 Å². The smallest absolute Gasteiger partial charge is 0.299 e. The van der Waals surface area contributed by atoms with Gasteiger partial charge in [-0.15, -0.1) is 0 Å². The highest BCUT2D eigenvalue weighted by atomic mass is 35.5. The zero-order valence-corrected chi connectivity index (χ0v) is 17.8. The van der Waals surface area contributed by atoms with Crippen LogP contribution in [0, 0.1) is 0 Å². The van der Waals surface area contributed by atoms with Gasteiger partial charge >= 0.3 is 6.18 Å². The van der Waals surface area contributed by atoms with Crippen molar-refractivity contribution < 1.29 is 13.2 Å². The molecule has 4 rings (SSSR count). The van der Waals surface area contributed by atoms with Gasteiger partial charge in [-0.1, -0.05) is 48.0 Å². The van der Waals surface area contributed by atoms with Crippen LogP contribution in [0.4, 0.5) is 13.2 Å². The first-order valence-electron chi connectivity index (χ1n) is 10.5. The zero-order valence-electron chi connectivity index (χ0n) is 17.1. The molecule has 1 aliphatic rings. The molecular weight excluding hydrogens is 421 g/mol. The molecule has 0 radical (unpaired) electrons. The number of piperidine rings is 1.